The van der Waals surface area contributed by atoms with E-state index in [0.29, 0.717) is 0 Å². The maximum Gasteiger partial charge on any atom is 0.126 e. The molecule has 0 radical (unpaired) electrons. The molecule has 2 rings (SSSR count). The maximum atomic E-state index is 12.8. The van der Waals surface area contributed by atoms with Gasteiger partial charge in [0.1, 0.15) is 11.6 Å². The molecule has 0 aliphatic rings. The Morgan fingerprint density at radius 3 is 2.60 bits per heavy atom. The van der Waals surface area contributed by atoms with E-state index in [9.17, 15) is 4.39 Å². The molecule has 0 saturated carbocycles. The third-order valence-electron chi connectivity index (χ3n) is 3.05. The minimum Gasteiger partial charge on any atom is -0.369 e. The van der Waals surface area contributed by atoms with Crippen LogP contribution in [0.15, 0.2) is 42.5 Å². The monoisotopic (exact) mass is 273 g/mol. The van der Waals surface area contributed by atoms with Crippen LogP contribution >= 0.6 is 0 Å². The molecule has 0 aliphatic heterocycles. The molecule has 0 aliphatic carbocycles. The largest absolute Gasteiger partial charge is 0.369 e. The summed E-state index contributed by atoms with van der Waals surface area (Å²) in [4.78, 5) is 6.58. The Morgan fingerprint density at radius 2 is 1.90 bits per heavy atom. The molecule has 3 nitrogen and oxygen atoms in total. The van der Waals surface area contributed by atoms with E-state index in [-0.39, 0.29) is 5.82 Å². The van der Waals surface area contributed by atoms with Crippen molar-refractivity contribution in [3.8, 4) is 0 Å². The van der Waals surface area contributed by atoms with Crippen LogP contribution in [0.5, 0.6) is 0 Å². The van der Waals surface area contributed by atoms with Crippen LogP contribution in [0.1, 0.15) is 11.3 Å². The zero-order valence-corrected chi connectivity index (χ0v) is 11.9. The Bertz CT molecular complexity index is 540. The summed E-state index contributed by atoms with van der Waals surface area (Å²) in [6, 6.07) is 12.6. The van der Waals surface area contributed by atoms with Crippen molar-refractivity contribution in [3.05, 3.63) is 59.5 Å². The van der Waals surface area contributed by atoms with E-state index in [1.165, 1.54) is 12.1 Å². The molecule has 0 atom stereocenters. The molecule has 1 aromatic carbocycles. The van der Waals surface area contributed by atoms with Crippen molar-refractivity contribution in [2.75, 3.05) is 25.5 Å². The summed E-state index contributed by atoms with van der Waals surface area (Å²) in [6.45, 7) is 4.51. The maximum absolute atomic E-state index is 12.8. The van der Waals surface area contributed by atoms with Crippen LogP contribution in [0.3, 0.4) is 0 Å². The van der Waals surface area contributed by atoms with Gasteiger partial charge in [-0.1, -0.05) is 18.2 Å². The molecule has 0 fully saturated rings. The first kappa shape index (κ1) is 14.5. The van der Waals surface area contributed by atoms with Crippen LogP contribution in [0.25, 0.3) is 0 Å². The van der Waals surface area contributed by atoms with E-state index in [1.54, 1.807) is 0 Å². The summed E-state index contributed by atoms with van der Waals surface area (Å²) in [6.07, 6.45) is 0. The number of nitrogens with one attached hydrogen (secondary N) is 1. The van der Waals surface area contributed by atoms with Gasteiger partial charge in [0.15, 0.2) is 0 Å². The van der Waals surface area contributed by atoms with Crippen LogP contribution < -0.4 is 5.32 Å². The highest BCUT2D eigenvalue weighted by Crippen LogP contribution is 2.06. The van der Waals surface area contributed by atoms with Crippen molar-refractivity contribution in [2.24, 2.45) is 0 Å². The molecule has 1 aromatic heterocycles. The van der Waals surface area contributed by atoms with Gasteiger partial charge in [-0.3, -0.25) is 0 Å². The van der Waals surface area contributed by atoms with Crippen LogP contribution in [-0.2, 0) is 6.54 Å². The molecular weight excluding hydrogens is 253 g/mol. The lowest BCUT2D eigenvalue weighted by molar-refractivity contribution is 0.339. The fourth-order valence-corrected chi connectivity index (χ4v) is 2.00. The first-order valence-corrected chi connectivity index (χ1v) is 6.74. The first-order chi connectivity index (χ1) is 9.63. The number of benzene rings is 1. The van der Waals surface area contributed by atoms with Gasteiger partial charge in [-0.05, 0) is 43.8 Å². The Kier molecular flexibility index (Phi) is 5.07. The number of aryl methyl sites for hydroxylation is 1. The second kappa shape index (κ2) is 7.01. The molecule has 20 heavy (non-hydrogen) atoms. The Morgan fingerprint density at radius 1 is 1.15 bits per heavy atom. The zero-order valence-electron chi connectivity index (χ0n) is 11.9. The van der Waals surface area contributed by atoms with Crippen LogP contribution in [0.2, 0.25) is 0 Å². The van der Waals surface area contributed by atoms with Gasteiger partial charge in [0, 0.05) is 25.3 Å². The average Bonchev–Trinajstić information content (AvgIpc) is 2.41. The van der Waals surface area contributed by atoms with E-state index in [1.807, 2.05) is 37.3 Å². The first-order valence-electron chi connectivity index (χ1n) is 6.74. The van der Waals surface area contributed by atoms with Gasteiger partial charge in [0.2, 0.25) is 0 Å². The minimum absolute atomic E-state index is 0.191. The van der Waals surface area contributed by atoms with E-state index in [2.05, 4.69) is 22.2 Å². The number of halogens is 1. The second-order valence-electron chi connectivity index (χ2n) is 4.96. The van der Waals surface area contributed by atoms with Crippen LogP contribution in [0, 0.1) is 12.7 Å². The number of hydrogen-bond donors (Lipinski definition) is 1. The molecule has 0 saturated heterocycles. The summed E-state index contributed by atoms with van der Waals surface area (Å²) in [7, 11) is 2.05. The molecule has 4 heteroatoms. The van der Waals surface area contributed by atoms with Gasteiger partial charge in [-0.25, -0.2) is 9.37 Å². The molecule has 0 bridgehead atoms. The van der Waals surface area contributed by atoms with Gasteiger partial charge >= 0.3 is 0 Å². The van der Waals surface area contributed by atoms with E-state index in [4.69, 9.17) is 0 Å². The fraction of sp³-hybridized carbons (Fsp3) is 0.312. The smallest absolute Gasteiger partial charge is 0.126 e. The van der Waals surface area contributed by atoms with Gasteiger partial charge in [0.05, 0.1) is 0 Å². The third-order valence-corrected chi connectivity index (χ3v) is 3.05. The highest BCUT2D eigenvalue weighted by Gasteiger charge is 2.01. The summed E-state index contributed by atoms with van der Waals surface area (Å²) < 4.78 is 12.8. The normalized spacial score (nSPS) is 10.8. The zero-order chi connectivity index (χ0) is 14.4. The van der Waals surface area contributed by atoms with E-state index in [0.717, 1.165) is 36.7 Å². The quantitative estimate of drug-likeness (QED) is 0.876. The van der Waals surface area contributed by atoms with Crippen LogP contribution in [-0.4, -0.2) is 30.0 Å². The lowest BCUT2D eigenvalue weighted by Gasteiger charge is -2.17. The standard InChI is InChI=1S/C16H20FN3/c1-13-4-3-5-16(19-13)18-10-11-20(2)12-14-6-8-15(17)9-7-14/h3-9H,10-12H2,1-2H3,(H,18,19). The van der Waals surface area contributed by atoms with Crippen molar-refractivity contribution in [1.82, 2.24) is 9.88 Å². The van der Waals surface area contributed by atoms with Crippen molar-refractivity contribution in [3.63, 3.8) is 0 Å². The predicted molar refractivity (Wildman–Crippen MR) is 80.2 cm³/mol. The van der Waals surface area contributed by atoms with Crippen molar-refractivity contribution in [2.45, 2.75) is 13.5 Å². The summed E-state index contributed by atoms with van der Waals surface area (Å²) >= 11 is 0. The minimum atomic E-state index is -0.191. The third kappa shape index (κ3) is 4.63. The number of aromatic nitrogens is 1. The van der Waals surface area contributed by atoms with Crippen molar-refractivity contribution >= 4 is 5.82 Å². The van der Waals surface area contributed by atoms with Crippen LogP contribution in [0.4, 0.5) is 10.2 Å². The summed E-state index contributed by atoms with van der Waals surface area (Å²) in [5, 5.41) is 3.30. The molecule has 0 unspecified atom stereocenters. The summed E-state index contributed by atoms with van der Waals surface area (Å²) in [5.74, 6) is 0.712. The highest BCUT2D eigenvalue weighted by atomic mass is 19.1. The number of hydrogen-bond acceptors (Lipinski definition) is 3. The summed E-state index contributed by atoms with van der Waals surface area (Å²) in [5.41, 5.74) is 2.12. The number of nitrogens with zero attached hydrogens (tertiary/aromatic N) is 2. The molecule has 2 aromatic rings. The van der Waals surface area contributed by atoms with Gasteiger partial charge in [-0.15, -0.1) is 0 Å². The SMILES string of the molecule is Cc1cccc(NCCN(C)Cc2ccc(F)cc2)n1. The predicted octanol–water partition coefficient (Wildman–Crippen LogP) is 3.07. The lowest BCUT2D eigenvalue weighted by atomic mass is 10.2. The van der Waals surface area contributed by atoms with E-state index < -0.39 is 0 Å². The Labute approximate surface area is 119 Å². The lowest BCUT2D eigenvalue weighted by Crippen LogP contribution is -2.25. The average molecular weight is 273 g/mol. The number of likely N-dealkylation sites (N-methyl/N-ethyl adjacent to an activating group) is 1. The molecule has 1 heterocycles. The number of anilines is 1. The number of rotatable bonds is 6. The Hall–Kier alpha value is -1.94. The molecule has 0 spiro atoms. The fourth-order valence-electron chi connectivity index (χ4n) is 2.00. The second-order valence-corrected chi connectivity index (χ2v) is 4.96. The molecule has 1 N–H and O–H groups in total. The molecular formula is C16H20FN3. The topological polar surface area (TPSA) is 28.2 Å². The number of pyridine rings is 1. The Balaban J connectivity index is 1.75. The van der Waals surface area contributed by atoms with Crippen molar-refractivity contribution in [1.29, 1.82) is 0 Å². The molecule has 0 amide bonds. The van der Waals surface area contributed by atoms with Gasteiger partial charge in [0.25, 0.3) is 0 Å². The van der Waals surface area contributed by atoms with Gasteiger partial charge in [-0.2, -0.15) is 0 Å². The van der Waals surface area contributed by atoms with Crippen molar-refractivity contribution < 1.29 is 4.39 Å². The van der Waals surface area contributed by atoms with Gasteiger partial charge < -0.3 is 10.2 Å². The molecule has 106 valence electrons. The highest BCUT2D eigenvalue weighted by molar-refractivity contribution is 5.34. The van der Waals surface area contributed by atoms with E-state index >= 15 is 0 Å².